The van der Waals surface area contributed by atoms with Crippen molar-refractivity contribution in [3.05, 3.63) is 24.3 Å². The minimum atomic E-state index is 0.697. The van der Waals surface area contributed by atoms with Crippen LogP contribution in [-0.2, 0) is 0 Å². The van der Waals surface area contributed by atoms with E-state index in [1.165, 1.54) is 49.2 Å². The molecular weight excluding hydrogens is 264 g/mol. The highest BCUT2D eigenvalue weighted by molar-refractivity contribution is 7.99. The zero-order valence-corrected chi connectivity index (χ0v) is 14.2. The summed E-state index contributed by atoms with van der Waals surface area (Å²) < 4.78 is 5.90. The first-order valence-corrected chi connectivity index (χ1v) is 9.14. The highest BCUT2D eigenvalue weighted by Crippen LogP contribution is 2.23. The normalized spacial score (nSPS) is 12.3. The highest BCUT2D eigenvalue weighted by atomic mass is 32.2. The first-order valence-electron chi connectivity index (χ1n) is 8.15. The SMILES string of the molecule is CCCCCSc1ccc(OCC(CC)CCC)cc1. The Morgan fingerprint density at radius 3 is 2.35 bits per heavy atom. The van der Waals surface area contributed by atoms with E-state index < -0.39 is 0 Å². The molecular formula is C18H30OS. The minimum Gasteiger partial charge on any atom is -0.493 e. The van der Waals surface area contributed by atoms with Crippen LogP contribution in [0.25, 0.3) is 0 Å². The summed E-state index contributed by atoms with van der Waals surface area (Å²) in [4.78, 5) is 1.36. The third kappa shape index (κ3) is 7.23. The Bertz CT molecular complexity index is 334. The zero-order chi connectivity index (χ0) is 14.6. The third-order valence-corrected chi connectivity index (χ3v) is 4.70. The van der Waals surface area contributed by atoms with Gasteiger partial charge in [0, 0.05) is 4.90 Å². The number of thioether (sulfide) groups is 1. The molecule has 0 bridgehead atoms. The van der Waals surface area contributed by atoms with E-state index in [4.69, 9.17) is 4.74 Å². The molecule has 0 aliphatic heterocycles. The van der Waals surface area contributed by atoms with Gasteiger partial charge in [0.05, 0.1) is 6.61 Å². The molecule has 1 atom stereocenters. The summed E-state index contributed by atoms with van der Waals surface area (Å²) in [5, 5.41) is 0. The maximum Gasteiger partial charge on any atom is 0.119 e. The second-order valence-electron chi connectivity index (χ2n) is 5.40. The van der Waals surface area contributed by atoms with E-state index in [-0.39, 0.29) is 0 Å². The summed E-state index contributed by atoms with van der Waals surface area (Å²) in [6.45, 7) is 7.60. The number of ether oxygens (including phenoxy) is 1. The number of hydrogen-bond donors (Lipinski definition) is 0. The Hall–Kier alpha value is -0.630. The Morgan fingerprint density at radius 1 is 1.00 bits per heavy atom. The van der Waals surface area contributed by atoms with E-state index >= 15 is 0 Å². The molecule has 0 N–H and O–H groups in total. The van der Waals surface area contributed by atoms with Gasteiger partial charge in [-0.2, -0.15) is 0 Å². The second kappa shape index (κ2) is 11.1. The van der Waals surface area contributed by atoms with Crippen LogP contribution >= 0.6 is 11.8 Å². The zero-order valence-electron chi connectivity index (χ0n) is 13.4. The van der Waals surface area contributed by atoms with Crippen LogP contribution < -0.4 is 4.74 Å². The van der Waals surface area contributed by atoms with Gasteiger partial charge in [-0.15, -0.1) is 11.8 Å². The molecule has 114 valence electrons. The third-order valence-electron chi connectivity index (χ3n) is 3.60. The summed E-state index contributed by atoms with van der Waals surface area (Å²) >= 11 is 1.95. The molecule has 1 aromatic rings. The van der Waals surface area contributed by atoms with Crippen molar-refractivity contribution in [3.8, 4) is 5.75 Å². The van der Waals surface area contributed by atoms with Gasteiger partial charge in [-0.25, -0.2) is 0 Å². The lowest BCUT2D eigenvalue weighted by Crippen LogP contribution is -2.10. The summed E-state index contributed by atoms with van der Waals surface area (Å²) in [5.74, 6) is 2.93. The Balaban J connectivity index is 2.30. The van der Waals surface area contributed by atoms with Gasteiger partial charge in [-0.1, -0.05) is 46.5 Å². The number of benzene rings is 1. The van der Waals surface area contributed by atoms with Crippen molar-refractivity contribution in [1.29, 1.82) is 0 Å². The molecule has 1 nitrogen and oxygen atoms in total. The van der Waals surface area contributed by atoms with Crippen LogP contribution in [0.5, 0.6) is 5.75 Å². The molecule has 0 spiro atoms. The molecule has 0 aromatic heterocycles. The molecule has 2 heteroatoms. The lowest BCUT2D eigenvalue weighted by Gasteiger charge is -2.15. The van der Waals surface area contributed by atoms with Crippen molar-refractivity contribution >= 4 is 11.8 Å². The number of hydrogen-bond acceptors (Lipinski definition) is 2. The standard InChI is InChI=1S/C18H30OS/c1-4-7-8-14-20-18-12-10-17(11-13-18)19-15-16(6-3)9-5-2/h10-13,16H,4-9,14-15H2,1-3H3. The first-order chi connectivity index (χ1) is 9.80. The van der Waals surface area contributed by atoms with Gasteiger partial charge in [0.25, 0.3) is 0 Å². The van der Waals surface area contributed by atoms with E-state index in [0.29, 0.717) is 5.92 Å². The monoisotopic (exact) mass is 294 g/mol. The van der Waals surface area contributed by atoms with E-state index in [0.717, 1.165) is 12.4 Å². The highest BCUT2D eigenvalue weighted by Gasteiger charge is 2.06. The number of unbranched alkanes of at least 4 members (excludes halogenated alkanes) is 2. The fourth-order valence-corrected chi connectivity index (χ4v) is 3.11. The van der Waals surface area contributed by atoms with Gasteiger partial charge < -0.3 is 4.74 Å². The number of rotatable bonds is 11. The van der Waals surface area contributed by atoms with Gasteiger partial charge in [0.15, 0.2) is 0 Å². The molecule has 0 fully saturated rings. The quantitative estimate of drug-likeness (QED) is 0.356. The summed E-state index contributed by atoms with van der Waals surface area (Å²) in [6.07, 6.45) is 7.67. The molecule has 1 unspecified atom stereocenters. The van der Waals surface area contributed by atoms with Gasteiger partial charge in [-0.3, -0.25) is 0 Å². The van der Waals surface area contributed by atoms with Crippen molar-refractivity contribution in [2.75, 3.05) is 12.4 Å². The van der Waals surface area contributed by atoms with Crippen LogP contribution in [0.4, 0.5) is 0 Å². The summed E-state index contributed by atoms with van der Waals surface area (Å²) in [6, 6.07) is 8.60. The van der Waals surface area contributed by atoms with Crippen molar-refractivity contribution in [2.24, 2.45) is 5.92 Å². The summed E-state index contributed by atoms with van der Waals surface area (Å²) in [5.41, 5.74) is 0. The predicted octanol–water partition coefficient (Wildman–Crippen LogP) is 6.17. The van der Waals surface area contributed by atoms with Crippen LogP contribution in [-0.4, -0.2) is 12.4 Å². The maximum atomic E-state index is 5.90. The van der Waals surface area contributed by atoms with Crippen molar-refractivity contribution in [2.45, 2.75) is 64.2 Å². The molecule has 1 rings (SSSR count). The fraction of sp³-hybridized carbons (Fsp3) is 0.667. The minimum absolute atomic E-state index is 0.697. The molecule has 0 aliphatic rings. The van der Waals surface area contributed by atoms with Crippen LogP contribution in [0.15, 0.2) is 29.2 Å². The molecule has 20 heavy (non-hydrogen) atoms. The van der Waals surface area contributed by atoms with Crippen LogP contribution in [0.3, 0.4) is 0 Å². The first kappa shape index (κ1) is 17.4. The van der Waals surface area contributed by atoms with Crippen molar-refractivity contribution in [1.82, 2.24) is 0 Å². The predicted molar refractivity (Wildman–Crippen MR) is 90.9 cm³/mol. The van der Waals surface area contributed by atoms with Crippen molar-refractivity contribution in [3.63, 3.8) is 0 Å². The van der Waals surface area contributed by atoms with E-state index in [1.54, 1.807) is 0 Å². The van der Waals surface area contributed by atoms with Gasteiger partial charge in [-0.05, 0) is 48.8 Å². The van der Waals surface area contributed by atoms with Crippen molar-refractivity contribution < 1.29 is 4.74 Å². The van der Waals surface area contributed by atoms with Gasteiger partial charge >= 0.3 is 0 Å². The molecule has 1 aromatic carbocycles. The van der Waals surface area contributed by atoms with E-state index in [9.17, 15) is 0 Å². The fourth-order valence-electron chi connectivity index (χ4n) is 2.20. The molecule has 0 amide bonds. The summed E-state index contributed by atoms with van der Waals surface area (Å²) in [7, 11) is 0. The molecule has 0 saturated carbocycles. The Kier molecular flexibility index (Phi) is 9.65. The van der Waals surface area contributed by atoms with Crippen LogP contribution in [0.2, 0.25) is 0 Å². The smallest absolute Gasteiger partial charge is 0.119 e. The van der Waals surface area contributed by atoms with Gasteiger partial charge in [0.1, 0.15) is 5.75 Å². The maximum absolute atomic E-state index is 5.90. The lowest BCUT2D eigenvalue weighted by molar-refractivity contribution is 0.235. The average molecular weight is 295 g/mol. The Labute approximate surface area is 129 Å². The van der Waals surface area contributed by atoms with E-state index in [2.05, 4.69) is 45.0 Å². The molecule has 0 heterocycles. The van der Waals surface area contributed by atoms with E-state index in [1.807, 2.05) is 11.8 Å². The average Bonchev–Trinajstić information content (AvgIpc) is 2.49. The topological polar surface area (TPSA) is 9.23 Å². The van der Waals surface area contributed by atoms with Crippen LogP contribution in [0.1, 0.15) is 59.3 Å². The molecule has 0 radical (unpaired) electrons. The Morgan fingerprint density at radius 2 is 1.75 bits per heavy atom. The van der Waals surface area contributed by atoms with Crippen LogP contribution in [0, 0.1) is 5.92 Å². The van der Waals surface area contributed by atoms with Gasteiger partial charge in [0.2, 0.25) is 0 Å². The second-order valence-corrected chi connectivity index (χ2v) is 6.57. The largest absolute Gasteiger partial charge is 0.493 e. The lowest BCUT2D eigenvalue weighted by atomic mass is 10.0. The molecule has 0 saturated heterocycles. The molecule has 0 aliphatic carbocycles.